The van der Waals surface area contributed by atoms with Gasteiger partial charge in [-0.2, -0.15) is 0 Å². The van der Waals surface area contributed by atoms with Crippen LogP contribution in [0.3, 0.4) is 0 Å². The van der Waals surface area contributed by atoms with E-state index in [1.165, 1.54) is 6.07 Å². The van der Waals surface area contributed by atoms with Crippen molar-refractivity contribution in [3.05, 3.63) is 29.8 Å². The highest BCUT2D eigenvalue weighted by Crippen LogP contribution is 2.21. The molecule has 1 unspecified atom stereocenters. The van der Waals surface area contributed by atoms with Crippen LogP contribution in [0.25, 0.3) is 0 Å². The van der Waals surface area contributed by atoms with Gasteiger partial charge in [0.15, 0.2) is 6.10 Å². The normalized spacial score (nSPS) is 11.7. The second-order valence-corrected chi connectivity index (χ2v) is 4.30. The Hall–Kier alpha value is -2.04. The van der Waals surface area contributed by atoms with E-state index in [9.17, 15) is 9.59 Å². The molecular weight excluding hydrogens is 260 g/mol. The van der Waals surface area contributed by atoms with Gasteiger partial charge >= 0.3 is 11.9 Å². The summed E-state index contributed by atoms with van der Waals surface area (Å²) in [5, 5.41) is 9.10. The van der Waals surface area contributed by atoms with Crippen molar-refractivity contribution in [1.82, 2.24) is 0 Å². The van der Waals surface area contributed by atoms with Crippen molar-refractivity contribution >= 4 is 11.9 Å². The molecule has 1 N–H and O–H groups in total. The number of ether oxygens (including phenoxy) is 2. The number of hydrogen-bond donors (Lipinski definition) is 1. The fraction of sp³-hybridized carbons (Fsp3) is 0.467. The molecule has 0 heterocycles. The first kappa shape index (κ1) is 16.0. The fourth-order valence-corrected chi connectivity index (χ4v) is 1.75. The van der Waals surface area contributed by atoms with Crippen molar-refractivity contribution in [1.29, 1.82) is 0 Å². The monoisotopic (exact) mass is 280 g/mol. The topological polar surface area (TPSA) is 72.8 Å². The largest absolute Gasteiger partial charge is 0.478 e. The number of hydrogen-bond acceptors (Lipinski definition) is 4. The molecule has 0 amide bonds. The van der Waals surface area contributed by atoms with Crippen molar-refractivity contribution in [3.63, 3.8) is 0 Å². The molecule has 110 valence electrons. The molecular formula is C15H20O5. The summed E-state index contributed by atoms with van der Waals surface area (Å²) in [5.74, 6) is -1.35. The van der Waals surface area contributed by atoms with E-state index in [1.54, 1.807) is 25.1 Å². The first-order valence-electron chi connectivity index (χ1n) is 6.75. The van der Waals surface area contributed by atoms with Crippen LogP contribution in [0, 0.1) is 0 Å². The van der Waals surface area contributed by atoms with Crippen LogP contribution in [0.15, 0.2) is 24.3 Å². The zero-order chi connectivity index (χ0) is 15.0. The van der Waals surface area contributed by atoms with Crippen LogP contribution in [-0.2, 0) is 9.53 Å². The van der Waals surface area contributed by atoms with Gasteiger partial charge in [0.1, 0.15) is 11.3 Å². The predicted octanol–water partition coefficient (Wildman–Crippen LogP) is 2.89. The molecule has 0 aliphatic rings. The second-order valence-electron chi connectivity index (χ2n) is 4.30. The number of unbranched alkanes of at least 4 members (excludes halogenated alkanes) is 1. The summed E-state index contributed by atoms with van der Waals surface area (Å²) in [5.41, 5.74) is 0.0401. The molecule has 0 aromatic heterocycles. The summed E-state index contributed by atoms with van der Waals surface area (Å²) >= 11 is 0. The lowest BCUT2D eigenvalue weighted by molar-refractivity contribution is -0.151. The SMILES string of the molecule is CCCCC(Oc1ccccc1C(=O)O)C(=O)OCC. The van der Waals surface area contributed by atoms with Crippen LogP contribution < -0.4 is 4.74 Å². The Balaban J connectivity index is 2.88. The van der Waals surface area contributed by atoms with E-state index in [0.29, 0.717) is 6.42 Å². The minimum absolute atomic E-state index is 0.0401. The number of esters is 1. The van der Waals surface area contributed by atoms with Crippen LogP contribution in [0.1, 0.15) is 43.5 Å². The standard InChI is InChI=1S/C15H20O5/c1-3-5-9-13(15(18)19-4-2)20-12-10-7-6-8-11(12)14(16)17/h6-8,10,13H,3-5,9H2,1-2H3,(H,16,17). The molecule has 5 nitrogen and oxygen atoms in total. The minimum Gasteiger partial charge on any atom is -0.478 e. The van der Waals surface area contributed by atoms with E-state index >= 15 is 0 Å². The molecule has 0 bridgehead atoms. The molecule has 1 aromatic rings. The van der Waals surface area contributed by atoms with E-state index in [4.69, 9.17) is 14.6 Å². The molecule has 0 aliphatic heterocycles. The minimum atomic E-state index is -1.08. The summed E-state index contributed by atoms with van der Waals surface area (Å²) < 4.78 is 10.5. The number of carboxylic acids is 1. The average molecular weight is 280 g/mol. The van der Waals surface area contributed by atoms with Gasteiger partial charge in [-0.05, 0) is 31.9 Å². The van der Waals surface area contributed by atoms with Crippen molar-refractivity contribution in [2.75, 3.05) is 6.61 Å². The lowest BCUT2D eigenvalue weighted by Crippen LogP contribution is -2.30. The second kappa shape index (κ2) is 8.19. The van der Waals surface area contributed by atoms with Gasteiger partial charge in [0.25, 0.3) is 0 Å². The van der Waals surface area contributed by atoms with E-state index in [2.05, 4.69) is 0 Å². The maximum absolute atomic E-state index is 11.8. The van der Waals surface area contributed by atoms with E-state index in [0.717, 1.165) is 12.8 Å². The molecule has 1 aromatic carbocycles. The highest BCUT2D eigenvalue weighted by atomic mass is 16.6. The summed E-state index contributed by atoms with van der Waals surface area (Å²) in [6.45, 7) is 4.00. The summed E-state index contributed by atoms with van der Waals surface area (Å²) in [4.78, 5) is 23.0. The third-order valence-corrected chi connectivity index (χ3v) is 2.76. The van der Waals surface area contributed by atoms with Gasteiger partial charge in [-0.25, -0.2) is 9.59 Å². The Kier molecular flexibility index (Phi) is 6.56. The average Bonchev–Trinajstić information content (AvgIpc) is 2.43. The Morgan fingerprint density at radius 2 is 1.95 bits per heavy atom. The fourth-order valence-electron chi connectivity index (χ4n) is 1.75. The van der Waals surface area contributed by atoms with Gasteiger partial charge in [0.2, 0.25) is 0 Å². The van der Waals surface area contributed by atoms with Crippen LogP contribution in [-0.4, -0.2) is 29.8 Å². The highest BCUT2D eigenvalue weighted by Gasteiger charge is 2.23. The Morgan fingerprint density at radius 1 is 1.25 bits per heavy atom. The third kappa shape index (κ3) is 4.57. The lowest BCUT2D eigenvalue weighted by atomic mass is 10.1. The number of benzene rings is 1. The molecule has 1 rings (SSSR count). The number of aromatic carboxylic acids is 1. The maximum atomic E-state index is 11.8. The molecule has 0 saturated heterocycles. The van der Waals surface area contributed by atoms with Crippen LogP contribution >= 0.6 is 0 Å². The lowest BCUT2D eigenvalue weighted by Gasteiger charge is -2.18. The van der Waals surface area contributed by atoms with Crippen molar-refractivity contribution in [2.45, 2.75) is 39.2 Å². The smallest absolute Gasteiger partial charge is 0.347 e. The predicted molar refractivity (Wildman–Crippen MR) is 74.0 cm³/mol. The van der Waals surface area contributed by atoms with Crippen molar-refractivity contribution in [2.24, 2.45) is 0 Å². The molecule has 5 heteroatoms. The molecule has 0 radical (unpaired) electrons. The molecule has 20 heavy (non-hydrogen) atoms. The third-order valence-electron chi connectivity index (χ3n) is 2.76. The van der Waals surface area contributed by atoms with Gasteiger partial charge in [-0.1, -0.05) is 25.5 Å². The molecule has 0 aliphatic carbocycles. The maximum Gasteiger partial charge on any atom is 0.347 e. The molecule has 1 atom stereocenters. The van der Waals surface area contributed by atoms with Crippen LogP contribution in [0.4, 0.5) is 0 Å². The summed E-state index contributed by atoms with van der Waals surface area (Å²) in [7, 11) is 0. The molecule has 0 spiro atoms. The number of carboxylic acid groups (broad SMARTS) is 1. The Morgan fingerprint density at radius 3 is 2.55 bits per heavy atom. The van der Waals surface area contributed by atoms with Gasteiger partial charge in [-0.15, -0.1) is 0 Å². The van der Waals surface area contributed by atoms with E-state index in [1.807, 2.05) is 6.92 Å². The summed E-state index contributed by atoms with van der Waals surface area (Å²) in [6, 6.07) is 6.27. The summed E-state index contributed by atoms with van der Waals surface area (Å²) in [6.07, 6.45) is 1.46. The van der Waals surface area contributed by atoms with E-state index < -0.39 is 18.0 Å². The van der Waals surface area contributed by atoms with Gasteiger partial charge < -0.3 is 14.6 Å². The van der Waals surface area contributed by atoms with Crippen LogP contribution in [0.5, 0.6) is 5.75 Å². The van der Waals surface area contributed by atoms with Gasteiger partial charge in [-0.3, -0.25) is 0 Å². The molecule has 0 saturated carbocycles. The van der Waals surface area contributed by atoms with Gasteiger partial charge in [0.05, 0.1) is 6.61 Å². The van der Waals surface area contributed by atoms with Crippen molar-refractivity contribution < 1.29 is 24.2 Å². The quantitative estimate of drug-likeness (QED) is 0.741. The highest BCUT2D eigenvalue weighted by molar-refractivity contribution is 5.91. The number of para-hydroxylation sites is 1. The van der Waals surface area contributed by atoms with Gasteiger partial charge in [0, 0.05) is 0 Å². The Labute approximate surface area is 118 Å². The van der Waals surface area contributed by atoms with Crippen LogP contribution in [0.2, 0.25) is 0 Å². The first-order valence-corrected chi connectivity index (χ1v) is 6.75. The van der Waals surface area contributed by atoms with E-state index in [-0.39, 0.29) is 17.9 Å². The first-order chi connectivity index (χ1) is 9.60. The number of carbonyl (C=O) groups is 2. The number of carbonyl (C=O) groups excluding carboxylic acids is 1. The molecule has 0 fully saturated rings. The zero-order valence-corrected chi connectivity index (χ0v) is 11.8. The Bertz CT molecular complexity index is 455. The zero-order valence-electron chi connectivity index (χ0n) is 11.8. The van der Waals surface area contributed by atoms with Crippen molar-refractivity contribution in [3.8, 4) is 5.75 Å². The number of rotatable bonds is 8.